The van der Waals surface area contributed by atoms with Gasteiger partial charge >= 0.3 is 0 Å². The van der Waals surface area contributed by atoms with Gasteiger partial charge in [-0.3, -0.25) is 0 Å². The third-order valence-electron chi connectivity index (χ3n) is 4.07. The molecule has 0 atom stereocenters. The summed E-state index contributed by atoms with van der Waals surface area (Å²) in [5.41, 5.74) is 0. The van der Waals surface area contributed by atoms with E-state index in [1.165, 1.54) is 42.9 Å². The Balaban J connectivity index is 1.72. The topological polar surface area (TPSA) is 24.9 Å². The second-order valence-electron chi connectivity index (χ2n) is 5.36. The quantitative estimate of drug-likeness (QED) is 0.859. The van der Waals surface area contributed by atoms with E-state index in [1.807, 2.05) is 6.20 Å². The number of rotatable bonds is 4. The second kappa shape index (κ2) is 5.91. The van der Waals surface area contributed by atoms with Gasteiger partial charge in [-0.1, -0.05) is 53.7 Å². The highest BCUT2D eigenvalue weighted by atomic mass is 79.9. The molecule has 0 bridgehead atoms. The lowest BCUT2D eigenvalue weighted by atomic mass is 10.0. The number of nitrogens with zero attached hydrogens (tertiary/aromatic N) is 1. The van der Waals surface area contributed by atoms with Crippen molar-refractivity contribution in [3.05, 3.63) is 34.9 Å². The van der Waals surface area contributed by atoms with Crippen molar-refractivity contribution in [3.8, 4) is 0 Å². The average molecular weight is 319 g/mol. The molecule has 0 unspecified atom stereocenters. The predicted molar refractivity (Wildman–Crippen MR) is 84.5 cm³/mol. The third-order valence-corrected chi connectivity index (χ3v) is 4.76. The first-order valence-electron chi connectivity index (χ1n) is 7.12. The molecule has 1 fully saturated rings. The first-order valence-corrected chi connectivity index (χ1v) is 7.91. The number of nitrogens with one attached hydrogen (secondary N) is 1. The third kappa shape index (κ3) is 2.92. The normalized spacial score (nSPS) is 16.1. The van der Waals surface area contributed by atoms with Gasteiger partial charge in [0, 0.05) is 28.0 Å². The molecule has 100 valence electrons. The number of halogens is 1. The lowest BCUT2D eigenvalue weighted by molar-refractivity contribution is 0.518. The van der Waals surface area contributed by atoms with Crippen molar-refractivity contribution in [1.82, 2.24) is 4.98 Å². The molecule has 1 aliphatic carbocycles. The monoisotopic (exact) mass is 318 g/mol. The summed E-state index contributed by atoms with van der Waals surface area (Å²) in [7, 11) is 0. The van der Waals surface area contributed by atoms with E-state index in [4.69, 9.17) is 0 Å². The number of hydrogen-bond acceptors (Lipinski definition) is 2. The SMILES string of the molecule is Brc1cccc2c(NCCC3CCCC3)nccc12. The van der Waals surface area contributed by atoms with Crippen molar-refractivity contribution in [1.29, 1.82) is 0 Å². The first kappa shape index (κ1) is 12.9. The van der Waals surface area contributed by atoms with Crippen molar-refractivity contribution < 1.29 is 0 Å². The van der Waals surface area contributed by atoms with Crippen LogP contribution in [-0.4, -0.2) is 11.5 Å². The first-order chi connectivity index (χ1) is 9.34. The van der Waals surface area contributed by atoms with E-state index in [9.17, 15) is 0 Å². The molecule has 1 saturated carbocycles. The number of anilines is 1. The molecular weight excluding hydrogens is 300 g/mol. The second-order valence-corrected chi connectivity index (χ2v) is 6.21. The van der Waals surface area contributed by atoms with Crippen LogP contribution in [0.2, 0.25) is 0 Å². The van der Waals surface area contributed by atoms with E-state index in [-0.39, 0.29) is 0 Å². The van der Waals surface area contributed by atoms with Crippen LogP contribution in [0.15, 0.2) is 34.9 Å². The lowest BCUT2D eigenvalue weighted by Crippen LogP contribution is -2.08. The van der Waals surface area contributed by atoms with Gasteiger partial charge in [-0.15, -0.1) is 0 Å². The molecular formula is C16H19BrN2. The zero-order valence-corrected chi connectivity index (χ0v) is 12.6. The van der Waals surface area contributed by atoms with Crippen molar-refractivity contribution in [2.75, 3.05) is 11.9 Å². The maximum Gasteiger partial charge on any atom is 0.133 e. The van der Waals surface area contributed by atoms with Gasteiger partial charge in [0.1, 0.15) is 5.82 Å². The zero-order valence-electron chi connectivity index (χ0n) is 11.0. The number of pyridine rings is 1. The van der Waals surface area contributed by atoms with Crippen LogP contribution in [0.1, 0.15) is 32.1 Å². The minimum Gasteiger partial charge on any atom is -0.370 e. The van der Waals surface area contributed by atoms with Gasteiger partial charge in [-0.25, -0.2) is 4.98 Å². The predicted octanol–water partition coefficient (Wildman–Crippen LogP) is 4.99. The fraction of sp³-hybridized carbons (Fsp3) is 0.438. The van der Waals surface area contributed by atoms with Gasteiger partial charge in [0.2, 0.25) is 0 Å². The lowest BCUT2D eigenvalue weighted by Gasteiger charge is -2.12. The summed E-state index contributed by atoms with van der Waals surface area (Å²) in [4.78, 5) is 4.48. The highest BCUT2D eigenvalue weighted by Crippen LogP contribution is 2.29. The molecule has 1 heterocycles. The summed E-state index contributed by atoms with van der Waals surface area (Å²) >= 11 is 3.60. The fourth-order valence-corrected chi connectivity index (χ4v) is 3.50. The maximum absolute atomic E-state index is 4.48. The summed E-state index contributed by atoms with van der Waals surface area (Å²) in [5, 5.41) is 5.93. The molecule has 1 N–H and O–H groups in total. The Hall–Kier alpha value is -1.09. The van der Waals surface area contributed by atoms with Gasteiger partial charge in [-0.2, -0.15) is 0 Å². The van der Waals surface area contributed by atoms with E-state index in [0.717, 1.165) is 22.8 Å². The molecule has 2 nitrogen and oxygen atoms in total. The molecule has 3 heteroatoms. The fourth-order valence-electron chi connectivity index (χ4n) is 3.00. The minimum absolute atomic E-state index is 0.925. The van der Waals surface area contributed by atoms with Gasteiger partial charge in [0.05, 0.1) is 0 Å². The number of aromatic nitrogens is 1. The van der Waals surface area contributed by atoms with E-state index in [0.29, 0.717) is 0 Å². The molecule has 0 spiro atoms. The summed E-state index contributed by atoms with van der Waals surface area (Å²) in [6, 6.07) is 8.33. The molecule has 2 aromatic rings. The highest BCUT2D eigenvalue weighted by molar-refractivity contribution is 9.10. The summed E-state index contributed by atoms with van der Waals surface area (Å²) in [6.45, 7) is 1.03. The Kier molecular flexibility index (Phi) is 4.02. The standard InChI is InChI=1S/C16H19BrN2/c17-15-7-3-6-14-13(15)9-11-19-16(14)18-10-8-12-4-1-2-5-12/h3,6-7,9,11-12H,1-2,4-5,8,10H2,(H,18,19). The van der Waals surface area contributed by atoms with E-state index in [2.05, 4.69) is 50.5 Å². The van der Waals surface area contributed by atoms with Gasteiger partial charge < -0.3 is 5.32 Å². The van der Waals surface area contributed by atoms with Crippen molar-refractivity contribution in [2.45, 2.75) is 32.1 Å². The summed E-state index contributed by atoms with van der Waals surface area (Å²) in [6.07, 6.45) is 8.82. The Bertz CT molecular complexity index is 562. The van der Waals surface area contributed by atoms with Crippen molar-refractivity contribution >= 4 is 32.5 Å². The van der Waals surface area contributed by atoms with Crippen LogP contribution in [0.4, 0.5) is 5.82 Å². The van der Waals surface area contributed by atoms with Crippen LogP contribution in [-0.2, 0) is 0 Å². The molecule has 19 heavy (non-hydrogen) atoms. The average Bonchev–Trinajstić information content (AvgIpc) is 2.93. The maximum atomic E-state index is 4.48. The summed E-state index contributed by atoms with van der Waals surface area (Å²) in [5.74, 6) is 1.94. The van der Waals surface area contributed by atoms with E-state index in [1.54, 1.807) is 0 Å². The van der Waals surface area contributed by atoms with Crippen molar-refractivity contribution in [3.63, 3.8) is 0 Å². The number of benzene rings is 1. The van der Waals surface area contributed by atoms with Crippen molar-refractivity contribution in [2.24, 2.45) is 5.92 Å². The molecule has 1 aromatic carbocycles. The van der Waals surface area contributed by atoms with Crippen LogP contribution < -0.4 is 5.32 Å². The van der Waals surface area contributed by atoms with Gasteiger partial charge in [0.25, 0.3) is 0 Å². The van der Waals surface area contributed by atoms with Gasteiger partial charge in [0.15, 0.2) is 0 Å². The van der Waals surface area contributed by atoms with Crippen LogP contribution in [0.5, 0.6) is 0 Å². The molecule has 0 radical (unpaired) electrons. The Morgan fingerprint density at radius 2 is 2.00 bits per heavy atom. The van der Waals surface area contributed by atoms with E-state index < -0.39 is 0 Å². The molecule has 1 aromatic heterocycles. The molecule has 1 aliphatic rings. The minimum atomic E-state index is 0.925. The number of fused-ring (bicyclic) bond motifs is 1. The Morgan fingerprint density at radius 1 is 1.16 bits per heavy atom. The molecule has 0 aliphatic heterocycles. The smallest absolute Gasteiger partial charge is 0.133 e. The molecule has 3 rings (SSSR count). The Labute approximate surface area is 122 Å². The zero-order chi connectivity index (χ0) is 13.1. The van der Waals surface area contributed by atoms with Crippen LogP contribution in [0.25, 0.3) is 10.8 Å². The van der Waals surface area contributed by atoms with E-state index >= 15 is 0 Å². The molecule has 0 saturated heterocycles. The largest absolute Gasteiger partial charge is 0.370 e. The summed E-state index contributed by atoms with van der Waals surface area (Å²) < 4.78 is 1.13. The molecule has 0 amide bonds. The van der Waals surface area contributed by atoms with Crippen LogP contribution in [0, 0.1) is 5.92 Å². The Morgan fingerprint density at radius 3 is 2.84 bits per heavy atom. The number of hydrogen-bond donors (Lipinski definition) is 1. The van der Waals surface area contributed by atoms with Crippen LogP contribution >= 0.6 is 15.9 Å². The van der Waals surface area contributed by atoms with Gasteiger partial charge in [-0.05, 0) is 24.5 Å². The highest BCUT2D eigenvalue weighted by Gasteiger charge is 2.14. The van der Waals surface area contributed by atoms with Crippen LogP contribution in [0.3, 0.4) is 0 Å².